The molecule has 0 unspecified atom stereocenters. The summed E-state index contributed by atoms with van der Waals surface area (Å²) in [6.45, 7) is 3.16. The minimum atomic E-state index is 0.0132. The molecule has 2 heterocycles. The van der Waals surface area contributed by atoms with E-state index in [1.54, 1.807) is 13.3 Å². The fourth-order valence-corrected chi connectivity index (χ4v) is 3.65. The first-order valence-electron chi connectivity index (χ1n) is 11.1. The van der Waals surface area contributed by atoms with Gasteiger partial charge in [0.05, 0.1) is 69.1 Å². The highest BCUT2D eigenvalue weighted by Gasteiger charge is 2.15. The van der Waals surface area contributed by atoms with E-state index >= 15 is 0 Å². The highest BCUT2D eigenvalue weighted by atomic mass is 35.5. The number of aromatic nitrogens is 2. The first kappa shape index (κ1) is 27.2. The van der Waals surface area contributed by atoms with E-state index in [0.717, 1.165) is 11.1 Å². The zero-order valence-electron chi connectivity index (χ0n) is 19.5. The third-order valence-corrected chi connectivity index (χ3v) is 5.40. The smallest absolute Gasteiger partial charge is 0.187 e. The van der Waals surface area contributed by atoms with Gasteiger partial charge in [-0.15, -0.1) is 0 Å². The number of nitrogens with zero attached hydrogens (tertiary/aromatic N) is 2. The second-order valence-electron chi connectivity index (χ2n) is 7.22. The molecule has 0 atom stereocenters. The van der Waals surface area contributed by atoms with Gasteiger partial charge in [-0.05, 0) is 18.2 Å². The summed E-state index contributed by atoms with van der Waals surface area (Å²) in [6, 6.07) is 5.57. The monoisotopic (exact) mass is 525 g/mol. The Morgan fingerprint density at radius 2 is 1.57 bits per heavy atom. The van der Waals surface area contributed by atoms with Crippen molar-refractivity contribution in [2.75, 3.05) is 65.3 Å². The normalized spacial score (nSPS) is 11.1. The van der Waals surface area contributed by atoms with Gasteiger partial charge in [-0.25, -0.2) is 0 Å². The Bertz CT molecular complexity index is 1050. The Kier molecular flexibility index (Phi) is 11.6. The van der Waals surface area contributed by atoms with Crippen molar-refractivity contribution in [3.8, 4) is 11.5 Å². The van der Waals surface area contributed by atoms with E-state index < -0.39 is 0 Å². The van der Waals surface area contributed by atoms with Gasteiger partial charge in [-0.1, -0.05) is 23.2 Å². The number of hydrogen-bond acceptors (Lipinski definition) is 9. The molecule has 0 saturated heterocycles. The quantitative estimate of drug-likeness (QED) is 0.261. The van der Waals surface area contributed by atoms with E-state index in [-0.39, 0.29) is 6.61 Å². The Balaban J connectivity index is 1.55. The summed E-state index contributed by atoms with van der Waals surface area (Å²) in [4.78, 5) is 8.50. The van der Waals surface area contributed by atoms with Gasteiger partial charge in [-0.3, -0.25) is 9.97 Å². The summed E-state index contributed by atoms with van der Waals surface area (Å²) in [6.07, 6.45) is 5.41. The average molecular weight is 526 g/mol. The van der Waals surface area contributed by atoms with Crippen LogP contribution in [-0.4, -0.2) is 75.0 Å². The molecular weight excluding hydrogens is 497 g/mol. The molecule has 1 aromatic carbocycles. The largest absolute Gasteiger partial charge is 0.493 e. The lowest BCUT2D eigenvalue weighted by Gasteiger charge is -2.16. The first-order chi connectivity index (χ1) is 17.2. The van der Waals surface area contributed by atoms with E-state index in [2.05, 4.69) is 15.3 Å². The number of hydrogen-bond donors (Lipinski definition) is 2. The Hall–Kier alpha value is -2.40. The molecular formula is C24H29Cl2N3O6. The SMILES string of the molecule is COc1ccc2c(Nc3c(Cl)cncc3Cl)ccnc2c1OCCCOCCOCCOCCO. The van der Waals surface area contributed by atoms with Crippen LogP contribution in [0.2, 0.25) is 10.0 Å². The van der Waals surface area contributed by atoms with Crippen molar-refractivity contribution in [3.63, 3.8) is 0 Å². The summed E-state index contributed by atoms with van der Waals surface area (Å²) >= 11 is 12.5. The molecule has 0 aliphatic heterocycles. The van der Waals surface area contributed by atoms with E-state index in [4.69, 9.17) is 52.0 Å². The van der Waals surface area contributed by atoms with Gasteiger partial charge < -0.3 is 34.1 Å². The molecule has 35 heavy (non-hydrogen) atoms. The first-order valence-corrected chi connectivity index (χ1v) is 11.9. The van der Waals surface area contributed by atoms with E-state index in [0.29, 0.717) is 85.4 Å². The summed E-state index contributed by atoms with van der Waals surface area (Å²) in [7, 11) is 1.59. The summed E-state index contributed by atoms with van der Waals surface area (Å²) in [5.74, 6) is 1.13. The van der Waals surface area contributed by atoms with Gasteiger partial charge in [0, 0.05) is 42.7 Å². The van der Waals surface area contributed by atoms with Crippen LogP contribution < -0.4 is 14.8 Å². The molecule has 0 bridgehead atoms. The summed E-state index contributed by atoms with van der Waals surface area (Å²) < 4.78 is 27.6. The average Bonchev–Trinajstić information content (AvgIpc) is 2.87. The Labute approximate surface area is 214 Å². The molecule has 0 fully saturated rings. The molecule has 3 aromatic rings. The number of pyridine rings is 2. The van der Waals surface area contributed by atoms with Crippen molar-refractivity contribution in [1.29, 1.82) is 0 Å². The Morgan fingerprint density at radius 3 is 2.26 bits per heavy atom. The fraction of sp³-hybridized carbons (Fsp3) is 0.417. The van der Waals surface area contributed by atoms with Gasteiger partial charge in [0.15, 0.2) is 11.5 Å². The van der Waals surface area contributed by atoms with Crippen molar-refractivity contribution in [3.05, 3.63) is 46.8 Å². The zero-order valence-corrected chi connectivity index (χ0v) is 21.0. The summed E-state index contributed by atoms with van der Waals surface area (Å²) in [5.41, 5.74) is 1.98. The maximum Gasteiger partial charge on any atom is 0.187 e. The van der Waals surface area contributed by atoms with Crippen LogP contribution in [0.3, 0.4) is 0 Å². The third-order valence-electron chi connectivity index (χ3n) is 4.82. The lowest BCUT2D eigenvalue weighted by atomic mass is 10.1. The van der Waals surface area contributed by atoms with Crippen LogP contribution in [0, 0.1) is 0 Å². The van der Waals surface area contributed by atoms with Gasteiger partial charge in [0.1, 0.15) is 5.52 Å². The number of benzene rings is 1. The number of rotatable bonds is 16. The van der Waals surface area contributed by atoms with Crippen LogP contribution in [0.25, 0.3) is 10.9 Å². The van der Waals surface area contributed by atoms with Crippen LogP contribution in [-0.2, 0) is 14.2 Å². The van der Waals surface area contributed by atoms with Crippen molar-refractivity contribution < 1.29 is 28.8 Å². The molecule has 0 amide bonds. The maximum absolute atomic E-state index is 8.63. The molecule has 190 valence electrons. The van der Waals surface area contributed by atoms with E-state index in [1.807, 2.05) is 18.2 Å². The number of anilines is 2. The van der Waals surface area contributed by atoms with Crippen LogP contribution in [0.15, 0.2) is 36.8 Å². The number of halogens is 2. The topological polar surface area (TPSA) is 104 Å². The zero-order chi connectivity index (χ0) is 24.9. The number of aliphatic hydroxyl groups excluding tert-OH is 1. The van der Waals surface area contributed by atoms with E-state index in [9.17, 15) is 0 Å². The van der Waals surface area contributed by atoms with Crippen LogP contribution >= 0.6 is 23.2 Å². The fourth-order valence-electron chi connectivity index (χ4n) is 3.19. The number of nitrogens with one attached hydrogen (secondary N) is 1. The second-order valence-corrected chi connectivity index (χ2v) is 8.03. The highest BCUT2D eigenvalue weighted by Crippen LogP contribution is 2.39. The molecule has 0 aliphatic rings. The van der Waals surface area contributed by atoms with Gasteiger partial charge in [0.2, 0.25) is 0 Å². The minimum Gasteiger partial charge on any atom is -0.493 e. The lowest BCUT2D eigenvalue weighted by molar-refractivity contribution is 0.00631. The number of fused-ring (bicyclic) bond motifs is 1. The summed E-state index contributed by atoms with van der Waals surface area (Å²) in [5, 5.41) is 13.5. The molecule has 0 aliphatic carbocycles. The standard InChI is InChI=1S/C24H29Cl2N3O6/c1-31-21-4-3-17-20(29-23-18(25)15-27-16-19(23)26)5-6-28-22(17)24(21)35-9-2-8-32-11-13-34-14-12-33-10-7-30/h3-6,15-16,30H,2,7-14H2,1H3,(H,27,28,29). The number of methoxy groups -OCH3 is 1. The van der Waals surface area contributed by atoms with Crippen molar-refractivity contribution >= 4 is 45.5 Å². The minimum absolute atomic E-state index is 0.0132. The van der Waals surface area contributed by atoms with Crippen LogP contribution in [0.5, 0.6) is 11.5 Å². The van der Waals surface area contributed by atoms with Crippen molar-refractivity contribution in [2.45, 2.75) is 6.42 Å². The number of ether oxygens (including phenoxy) is 5. The van der Waals surface area contributed by atoms with E-state index in [1.165, 1.54) is 12.4 Å². The predicted octanol–water partition coefficient (Wildman–Crippen LogP) is 4.50. The molecule has 0 radical (unpaired) electrons. The second kappa shape index (κ2) is 14.9. The maximum atomic E-state index is 8.63. The highest BCUT2D eigenvalue weighted by molar-refractivity contribution is 6.39. The Morgan fingerprint density at radius 1 is 0.886 bits per heavy atom. The van der Waals surface area contributed by atoms with Crippen LogP contribution in [0.4, 0.5) is 11.4 Å². The van der Waals surface area contributed by atoms with Crippen LogP contribution in [0.1, 0.15) is 6.42 Å². The predicted molar refractivity (Wildman–Crippen MR) is 135 cm³/mol. The van der Waals surface area contributed by atoms with Crippen molar-refractivity contribution in [2.24, 2.45) is 0 Å². The molecule has 2 aromatic heterocycles. The molecule has 0 saturated carbocycles. The number of aliphatic hydroxyl groups is 1. The molecule has 11 heteroatoms. The molecule has 9 nitrogen and oxygen atoms in total. The lowest BCUT2D eigenvalue weighted by Crippen LogP contribution is -2.12. The molecule has 2 N–H and O–H groups in total. The molecule has 0 spiro atoms. The van der Waals surface area contributed by atoms with Gasteiger partial charge in [0.25, 0.3) is 0 Å². The van der Waals surface area contributed by atoms with Gasteiger partial charge in [-0.2, -0.15) is 0 Å². The third kappa shape index (κ3) is 8.06. The van der Waals surface area contributed by atoms with Gasteiger partial charge >= 0.3 is 0 Å². The van der Waals surface area contributed by atoms with Crippen molar-refractivity contribution in [1.82, 2.24) is 9.97 Å². The molecule has 3 rings (SSSR count).